The van der Waals surface area contributed by atoms with E-state index in [0.717, 1.165) is 24.3 Å². The van der Waals surface area contributed by atoms with Gasteiger partial charge in [-0.2, -0.15) is 0 Å². The van der Waals surface area contributed by atoms with Crippen LogP contribution in [0.15, 0.2) is 12.1 Å². The molecule has 0 saturated heterocycles. The minimum atomic E-state index is 0.230. The van der Waals surface area contributed by atoms with E-state index in [9.17, 15) is 0 Å². The molecule has 0 radical (unpaired) electrons. The lowest BCUT2D eigenvalue weighted by molar-refractivity contribution is 0.173. The van der Waals surface area contributed by atoms with E-state index in [-0.39, 0.29) is 6.61 Å². The van der Waals surface area contributed by atoms with Crippen LogP contribution < -0.4 is 9.47 Å². The SMILES string of the molecule is Cc1cc2c(cc1C(CCCO)N(C)C)OCO2. The molecule has 0 spiro atoms. The maximum atomic E-state index is 9.00. The van der Waals surface area contributed by atoms with Crippen LogP contribution in [0.2, 0.25) is 0 Å². The summed E-state index contributed by atoms with van der Waals surface area (Å²) in [5.74, 6) is 1.65. The smallest absolute Gasteiger partial charge is 0.231 e. The van der Waals surface area contributed by atoms with Gasteiger partial charge >= 0.3 is 0 Å². The van der Waals surface area contributed by atoms with Crippen molar-refractivity contribution in [2.24, 2.45) is 0 Å². The average molecular weight is 251 g/mol. The van der Waals surface area contributed by atoms with Crippen LogP contribution in [0.4, 0.5) is 0 Å². The Morgan fingerprint density at radius 3 is 2.56 bits per heavy atom. The van der Waals surface area contributed by atoms with Gasteiger partial charge in [0, 0.05) is 12.6 Å². The number of benzene rings is 1. The fourth-order valence-electron chi connectivity index (χ4n) is 2.39. The van der Waals surface area contributed by atoms with E-state index < -0.39 is 0 Å². The monoisotopic (exact) mass is 251 g/mol. The fraction of sp³-hybridized carbons (Fsp3) is 0.571. The number of fused-ring (bicyclic) bond motifs is 1. The molecule has 1 aliphatic heterocycles. The van der Waals surface area contributed by atoms with Crippen LogP contribution in [-0.2, 0) is 0 Å². The molecule has 4 heteroatoms. The number of nitrogens with zero attached hydrogens (tertiary/aromatic N) is 1. The Kier molecular flexibility index (Phi) is 4.09. The van der Waals surface area contributed by atoms with Crippen LogP contribution in [0.3, 0.4) is 0 Å². The Bertz CT molecular complexity index is 418. The van der Waals surface area contributed by atoms with Gasteiger partial charge in [0.15, 0.2) is 11.5 Å². The normalized spacial score (nSPS) is 15.2. The first kappa shape index (κ1) is 13.2. The molecule has 1 aromatic carbocycles. The first-order valence-electron chi connectivity index (χ1n) is 6.31. The quantitative estimate of drug-likeness (QED) is 0.870. The van der Waals surface area contributed by atoms with Crippen LogP contribution in [-0.4, -0.2) is 37.5 Å². The molecule has 0 bridgehead atoms. The second kappa shape index (κ2) is 5.59. The zero-order valence-corrected chi connectivity index (χ0v) is 11.3. The van der Waals surface area contributed by atoms with Gasteiger partial charge in [0.2, 0.25) is 6.79 Å². The summed E-state index contributed by atoms with van der Waals surface area (Å²) in [5, 5.41) is 9.00. The highest BCUT2D eigenvalue weighted by atomic mass is 16.7. The Morgan fingerprint density at radius 2 is 1.94 bits per heavy atom. The van der Waals surface area contributed by atoms with Crippen LogP contribution >= 0.6 is 0 Å². The summed E-state index contributed by atoms with van der Waals surface area (Å²) in [6, 6.07) is 4.40. The molecule has 1 heterocycles. The number of ether oxygens (including phenoxy) is 2. The summed E-state index contributed by atoms with van der Waals surface area (Å²) in [6.07, 6.45) is 1.74. The maximum absolute atomic E-state index is 9.00. The van der Waals surface area contributed by atoms with Crippen LogP contribution in [0.1, 0.15) is 30.0 Å². The van der Waals surface area contributed by atoms with Crippen molar-refractivity contribution in [3.63, 3.8) is 0 Å². The molecule has 1 atom stereocenters. The minimum Gasteiger partial charge on any atom is -0.454 e. The molecule has 4 nitrogen and oxygen atoms in total. The summed E-state index contributed by atoms with van der Waals surface area (Å²) in [7, 11) is 4.12. The molecule has 0 saturated carbocycles. The molecular weight excluding hydrogens is 230 g/mol. The largest absolute Gasteiger partial charge is 0.454 e. The summed E-state index contributed by atoms with van der Waals surface area (Å²) in [5.41, 5.74) is 2.45. The topological polar surface area (TPSA) is 41.9 Å². The number of hydrogen-bond donors (Lipinski definition) is 1. The summed E-state index contributed by atoms with van der Waals surface area (Å²) in [4.78, 5) is 2.18. The number of aliphatic hydroxyl groups is 1. The lowest BCUT2D eigenvalue weighted by atomic mass is 9.96. The van der Waals surface area contributed by atoms with E-state index in [1.54, 1.807) is 0 Å². The van der Waals surface area contributed by atoms with Gasteiger partial charge in [0.1, 0.15) is 0 Å². The van der Waals surface area contributed by atoms with Crippen LogP contribution in [0, 0.1) is 6.92 Å². The van der Waals surface area contributed by atoms with E-state index in [1.165, 1.54) is 11.1 Å². The molecular formula is C14H21NO3. The number of hydrogen-bond acceptors (Lipinski definition) is 4. The number of aryl methyl sites for hydroxylation is 1. The summed E-state index contributed by atoms with van der Waals surface area (Å²) < 4.78 is 10.8. The lowest BCUT2D eigenvalue weighted by Crippen LogP contribution is -2.21. The molecule has 0 fully saturated rings. The first-order chi connectivity index (χ1) is 8.63. The molecule has 0 aromatic heterocycles. The fourth-order valence-corrected chi connectivity index (χ4v) is 2.39. The molecule has 0 aliphatic carbocycles. The third-order valence-corrected chi connectivity index (χ3v) is 3.38. The van der Waals surface area contributed by atoms with Gasteiger partial charge in [-0.3, -0.25) is 0 Å². The van der Waals surface area contributed by atoms with Crippen molar-refractivity contribution in [1.82, 2.24) is 4.90 Å². The second-order valence-electron chi connectivity index (χ2n) is 4.91. The van der Waals surface area contributed by atoms with Gasteiger partial charge in [-0.1, -0.05) is 0 Å². The predicted octanol–water partition coefficient (Wildman–Crippen LogP) is 2.10. The Labute approximate surface area is 108 Å². The molecule has 100 valence electrons. The summed E-state index contributed by atoms with van der Waals surface area (Å²) >= 11 is 0. The zero-order valence-electron chi connectivity index (χ0n) is 11.3. The van der Waals surface area contributed by atoms with Crippen LogP contribution in [0.25, 0.3) is 0 Å². The summed E-state index contributed by atoms with van der Waals surface area (Å²) in [6.45, 7) is 2.63. The molecule has 2 rings (SSSR count). The van der Waals surface area contributed by atoms with Crippen molar-refractivity contribution in [2.75, 3.05) is 27.5 Å². The molecule has 18 heavy (non-hydrogen) atoms. The standard InChI is InChI=1S/C14H21NO3/c1-10-7-13-14(18-9-17-13)8-11(10)12(15(2)3)5-4-6-16/h7-8,12,16H,4-6,9H2,1-3H3. The molecule has 0 amide bonds. The van der Waals surface area contributed by atoms with Gasteiger partial charge in [0.05, 0.1) is 0 Å². The van der Waals surface area contributed by atoms with Gasteiger partial charge < -0.3 is 19.5 Å². The predicted molar refractivity (Wildman–Crippen MR) is 70.0 cm³/mol. The van der Waals surface area contributed by atoms with Crippen molar-refractivity contribution < 1.29 is 14.6 Å². The average Bonchev–Trinajstić information content (AvgIpc) is 2.76. The maximum Gasteiger partial charge on any atom is 0.231 e. The van der Waals surface area contributed by atoms with Gasteiger partial charge in [-0.05, 0) is 57.1 Å². The Hall–Kier alpha value is -1.26. The van der Waals surface area contributed by atoms with Crippen molar-refractivity contribution in [2.45, 2.75) is 25.8 Å². The first-order valence-corrected chi connectivity index (χ1v) is 6.31. The lowest BCUT2D eigenvalue weighted by Gasteiger charge is -2.26. The molecule has 1 aromatic rings. The van der Waals surface area contributed by atoms with Gasteiger partial charge in [-0.25, -0.2) is 0 Å². The van der Waals surface area contributed by atoms with Crippen molar-refractivity contribution in [3.8, 4) is 11.5 Å². The van der Waals surface area contributed by atoms with E-state index in [0.29, 0.717) is 12.8 Å². The highest BCUT2D eigenvalue weighted by Crippen LogP contribution is 2.38. The highest BCUT2D eigenvalue weighted by Gasteiger charge is 2.21. The number of rotatable bonds is 5. The molecule has 1 aliphatic rings. The van der Waals surface area contributed by atoms with Crippen molar-refractivity contribution >= 4 is 0 Å². The highest BCUT2D eigenvalue weighted by molar-refractivity contribution is 5.49. The van der Waals surface area contributed by atoms with Crippen LogP contribution in [0.5, 0.6) is 11.5 Å². The van der Waals surface area contributed by atoms with E-state index in [4.69, 9.17) is 14.6 Å². The third kappa shape index (κ3) is 2.60. The van der Waals surface area contributed by atoms with Crippen molar-refractivity contribution in [1.29, 1.82) is 0 Å². The van der Waals surface area contributed by atoms with Crippen molar-refractivity contribution in [3.05, 3.63) is 23.3 Å². The third-order valence-electron chi connectivity index (χ3n) is 3.38. The Morgan fingerprint density at radius 1 is 1.28 bits per heavy atom. The zero-order chi connectivity index (χ0) is 13.1. The second-order valence-corrected chi connectivity index (χ2v) is 4.91. The van der Waals surface area contributed by atoms with E-state index >= 15 is 0 Å². The molecule has 1 unspecified atom stereocenters. The van der Waals surface area contributed by atoms with E-state index in [2.05, 4.69) is 32.0 Å². The Balaban J connectivity index is 2.29. The van der Waals surface area contributed by atoms with E-state index in [1.807, 2.05) is 6.07 Å². The van der Waals surface area contributed by atoms with Gasteiger partial charge in [-0.15, -0.1) is 0 Å². The minimum absolute atomic E-state index is 0.230. The number of aliphatic hydroxyl groups excluding tert-OH is 1. The van der Waals surface area contributed by atoms with Gasteiger partial charge in [0.25, 0.3) is 0 Å². The molecule has 1 N–H and O–H groups in total.